The molecule has 2 unspecified atom stereocenters. The lowest BCUT2D eigenvalue weighted by atomic mass is 9.47. The summed E-state index contributed by atoms with van der Waals surface area (Å²) >= 11 is 0. The SMILES string of the molecule is c1c(C23CC4CC(CC(C4)C2)C3)cc2cc(OCC3CO3)c(C34CC5CC(CC(C5)C3)C4)cc2c1OCC1CO1. The molecule has 12 rings (SSSR count). The second-order valence-electron chi connectivity index (χ2n) is 16.0. The molecule has 4 nitrogen and oxygen atoms in total. The largest absolute Gasteiger partial charge is 0.490 e. The van der Waals surface area contributed by atoms with Crippen molar-refractivity contribution < 1.29 is 18.9 Å². The molecule has 2 atom stereocenters. The van der Waals surface area contributed by atoms with Gasteiger partial charge in [-0.15, -0.1) is 0 Å². The van der Waals surface area contributed by atoms with Crippen LogP contribution in [0.15, 0.2) is 24.3 Å². The third-order valence-electron chi connectivity index (χ3n) is 12.9. The van der Waals surface area contributed by atoms with E-state index >= 15 is 0 Å². The maximum Gasteiger partial charge on any atom is 0.127 e. The zero-order chi connectivity index (χ0) is 26.1. The number of hydrogen-bond donors (Lipinski definition) is 0. The van der Waals surface area contributed by atoms with Crippen LogP contribution in [0.2, 0.25) is 0 Å². The van der Waals surface area contributed by atoms with Gasteiger partial charge in [0, 0.05) is 10.9 Å². The second-order valence-corrected chi connectivity index (χ2v) is 16.0. The van der Waals surface area contributed by atoms with Crippen LogP contribution < -0.4 is 9.47 Å². The third-order valence-corrected chi connectivity index (χ3v) is 12.9. The zero-order valence-electron chi connectivity index (χ0n) is 23.9. The van der Waals surface area contributed by atoms with Crippen molar-refractivity contribution in [1.29, 1.82) is 0 Å². The van der Waals surface area contributed by atoms with Crippen molar-refractivity contribution in [3.05, 3.63) is 35.4 Å². The molecule has 0 N–H and O–H groups in total. The Bertz CT molecular complexity index is 1280. The maximum absolute atomic E-state index is 6.71. The van der Waals surface area contributed by atoms with E-state index in [2.05, 4.69) is 24.3 Å². The van der Waals surface area contributed by atoms with Crippen molar-refractivity contribution >= 4 is 10.8 Å². The van der Waals surface area contributed by atoms with E-state index in [4.69, 9.17) is 18.9 Å². The van der Waals surface area contributed by atoms with Crippen molar-refractivity contribution in [2.45, 2.75) is 100 Å². The van der Waals surface area contributed by atoms with Gasteiger partial charge >= 0.3 is 0 Å². The molecule has 2 aromatic rings. The molecular weight excluding hydrogens is 496 g/mol. The Morgan fingerprint density at radius 1 is 0.575 bits per heavy atom. The molecule has 10 aliphatic rings. The van der Waals surface area contributed by atoms with Gasteiger partial charge < -0.3 is 18.9 Å². The van der Waals surface area contributed by atoms with E-state index in [1.54, 1.807) is 5.56 Å². The number of hydrogen-bond acceptors (Lipinski definition) is 4. The second kappa shape index (κ2) is 8.40. The highest BCUT2D eigenvalue weighted by atomic mass is 16.6. The average Bonchev–Trinajstić information content (AvgIpc) is 3.84. The summed E-state index contributed by atoms with van der Waals surface area (Å²) in [6, 6.07) is 10.0. The summed E-state index contributed by atoms with van der Waals surface area (Å²) in [7, 11) is 0. The van der Waals surface area contributed by atoms with Gasteiger partial charge in [-0.05, 0) is 153 Å². The Balaban J connectivity index is 1.12. The molecule has 0 amide bonds. The number of epoxide rings is 2. The monoisotopic (exact) mass is 540 g/mol. The van der Waals surface area contributed by atoms with Crippen molar-refractivity contribution in [3.63, 3.8) is 0 Å². The van der Waals surface area contributed by atoms with Gasteiger partial charge in [-0.2, -0.15) is 0 Å². The molecule has 8 aliphatic carbocycles. The topological polar surface area (TPSA) is 43.5 Å². The van der Waals surface area contributed by atoms with E-state index in [0.717, 1.165) is 60.2 Å². The van der Waals surface area contributed by atoms with Crippen LogP contribution in [0, 0.1) is 35.5 Å². The summed E-state index contributed by atoms with van der Waals surface area (Å²) in [6.07, 6.45) is 17.5. The highest BCUT2D eigenvalue weighted by molar-refractivity contribution is 5.92. The molecule has 8 saturated carbocycles. The zero-order valence-corrected chi connectivity index (χ0v) is 23.9. The molecule has 2 aromatic carbocycles. The van der Waals surface area contributed by atoms with E-state index in [1.165, 1.54) is 93.4 Å². The van der Waals surface area contributed by atoms with Gasteiger partial charge in [0.2, 0.25) is 0 Å². The Hall–Kier alpha value is -1.78. The first-order chi connectivity index (χ1) is 19.6. The van der Waals surface area contributed by atoms with Crippen LogP contribution in [0.25, 0.3) is 10.8 Å². The lowest BCUT2D eigenvalue weighted by Gasteiger charge is -2.57. The fourth-order valence-electron chi connectivity index (χ4n) is 11.9. The smallest absolute Gasteiger partial charge is 0.127 e. The Kier molecular flexibility index (Phi) is 4.99. The minimum absolute atomic E-state index is 0.266. The molecule has 2 saturated heterocycles. The van der Waals surface area contributed by atoms with Crippen molar-refractivity contribution in [3.8, 4) is 11.5 Å². The normalized spacial score (nSPS) is 45.3. The van der Waals surface area contributed by atoms with E-state index in [9.17, 15) is 0 Å². The number of fused-ring (bicyclic) bond motifs is 1. The molecule has 2 heterocycles. The molecule has 0 spiro atoms. The summed E-state index contributed by atoms with van der Waals surface area (Å²) in [5, 5.41) is 2.62. The molecule has 4 heteroatoms. The molecule has 0 radical (unpaired) electrons. The predicted octanol–water partition coefficient (Wildman–Crippen LogP) is 7.33. The van der Waals surface area contributed by atoms with Gasteiger partial charge in [-0.1, -0.05) is 6.07 Å². The first-order valence-electron chi connectivity index (χ1n) is 16.7. The van der Waals surface area contributed by atoms with Crippen LogP contribution in [0.3, 0.4) is 0 Å². The standard InChI is InChI=1S/C36H44O4/c1-21-2-23-3-22(1)12-35(11-21,13-23)28-7-27-8-34(40-20-30-18-38-30)32(10-31(27)33(9-28)39-19-29-17-37-29)36-14-24-4-25(15-36)6-26(5-24)16-36/h7-10,21-26,29-30H,1-6,11-20H2. The molecule has 10 fully saturated rings. The van der Waals surface area contributed by atoms with E-state index < -0.39 is 0 Å². The van der Waals surface area contributed by atoms with Crippen LogP contribution >= 0.6 is 0 Å². The molecular formula is C36H44O4. The highest BCUT2D eigenvalue weighted by Gasteiger charge is 2.54. The maximum atomic E-state index is 6.71. The number of rotatable bonds is 8. The predicted molar refractivity (Wildman–Crippen MR) is 154 cm³/mol. The third kappa shape index (κ3) is 3.84. The van der Waals surface area contributed by atoms with Gasteiger partial charge in [0.15, 0.2) is 0 Å². The van der Waals surface area contributed by atoms with Gasteiger partial charge in [0.05, 0.1) is 13.2 Å². The Labute approximate surface area is 238 Å². The fraction of sp³-hybridized carbons (Fsp3) is 0.722. The Morgan fingerprint density at radius 2 is 1.05 bits per heavy atom. The fourth-order valence-corrected chi connectivity index (χ4v) is 11.9. The van der Waals surface area contributed by atoms with Gasteiger partial charge in [0.25, 0.3) is 0 Å². The van der Waals surface area contributed by atoms with Gasteiger partial charge in [-0.3, -0.25) is 0 Å². The quantitative estimate of drug-likeness (QED) is 0.329. The molecule has 212 valence electrons. The van der Waals surface area contributed by atoms with Crippen LogP contribution in [0.1, 0.15) is 88.2 Å². The minimum Gasteiger partial charge on any atom is -0.490 e. The first-order valence-corrected chi connectivity index (χ1v) is 16.7. The van der Waals surface area contributed by atoms with Crippen LogP contribution in [0.4, 0.5) is 0 Å². The van der Waals surface area contributed by atoms with Gasteiger partial charge in [0.1, 0.15) is 36.9 Å². The number of ether oxygens (including phenoxy) is 4. The average molecular weight is 541 g/mol. The first kappa shape index (κ1) is 23.7. The molecule has 8 bridgehead atoms. The van der Waals surface area contributed by atoms with Crippen molar-refractivity contribution in [2.75, 3.05) is 26.4 Å². The van der Waals surface area contributed by atoms with Crippen molar-refractivity contribution in [2.24, 2.45) is 35.5 Å². The summed E-state index contributed by atoms with van der Waals surface area (Å²) in [5.41, 5.74) is 3.65. The lowest BCUT2D eigenvalue weighted by molar-refractivity contribution is -0.00644. The van der Waals surface area contributed by atoms with Crippen molar-refractivity contribution in [1.82, 2.24) is 0 Å². The summed E-state index contributed by atoms with van der Waals surface area (Å²) in [6.45, 7) is 3.04. The molecule has 0 aromatic heterocycles. The molecule has 40 heavy (non-hydrogen) atoms. The van der Waals surface area contributed by atoms with E-state index in [1.807, 2.05) is 0 Å². The highest BCUT2D eigenvalue weighted by Crippen LogP contribution is 2.64. The van der Waals surface area contributed by atoms with E-state index in [-0.39, 0.29) is 17.6 Å². The summed E-state index contributed by atoms with van der Waals surface area (Å²) in [4.78, 5) is 0. The Morgan fingerprint density at radius 3 is 1.55 bits per heavy atom. The summed E-state index contributed by atoms with van der Waals surface area (Å²) < 4.78 is 24.6. The molecule has 2 aliphatic heterocycles. The number of benzene rings is 2. The lowest BCUT2D eigenvalue weighted by Crippen LogP contribution is -2.48. The summed E-state index contributed by atoms with van der Waals surface area (Å²) in [5.74, 6) is 7.75. The van der Waals surface area contributed by atoms with E-state index in [0.29, 0.717) is 18.6 Å². The van der Waals surface area contributed by atoms with Crippen LogP contribution in [-0.4, -0.2) is 38.6 Å². The van der Waals surface area contributed by atoms with Gasteiger partial charge in [-0.25, -0.2) is 0 Å². The minimum atomic E-state index is 0.266. The van der Waals surface area contributed by atoms with Crippen LogP contribution in [-0.2, 0) is 20.3 Å². The van der Waals surface area contributed by atoms with Crippen LogP contribution in [0.5, 0.6) is 11.5 Å².